The maximum Gasteiger partial charge on any atom is 0.0541 e. The summed E-state index contributed by atoms with van der Waals surface area (Å²) in [5.41, 5.74) is 14.0. The molecule has 0 saturated carbocycles. The summed E-state index contributed by atoms with van der Waals surface area (Å²) >= 11 is 0. The molecule has 0 saturated heterocycles. The van der Waals surface area contributed by atoms with Crippen LogP contribution in [0.25, 0.3) is 82.4 Å². The molecule has 0 unspecified atom stereocenters. The zero-order valence-corrected chi connectivity index (χ0v) is 31.8. The van der Waals surface area contributed by atoms with E-state index in [1.165, 1.54) is 76.7 Å². The first-order chi connectivity index (χ1) is 28.8. The molecule has 11 aromatic rings. The van der Waals surface area contributed by atoms with Crippen LogP contribution in [-0.2, 0) is 0 Å². The molecule has 10 aromatic carbocycles. The van der Waals surface area contributed by atoms with Crippen LogP contribution in [0, 0.1) is 0 Å². The number of anilines is 3. The van der Waals surface area contributed by atoms with Gasteiger partial charge >= 0.3 is 0 Å². The number of hydrogen-bond acceptors (Lipinski definition) is 1. The summed E-state index contributed by atoms with van der Waals surface area (Å²) in [7, 11) is 0. The van der Waals surface area contributed by atoms with Crippen LogP contribution < -0.4 is 4.90 Å². The third-order valence-corrected chi connectivity index (χ3v) is 11.6. The number of para-hydroxylation sites is 2. The molecule has 0 N–H and O–H groups in total. The van der Waals surface area contributed by atoms with Crippen molar-refractivity contribution >= 4 is 60.4 Å². The lowest BCUT2D eigenvalue weighted by molar-refractivity contribution is 1.17. The summed E-state index contributed by atoms with van der Waals surface area (Å²) < 4.78 is 2.39. The Morgan fingerprint density at radius 1 is 0.276 bits per heavy atom. The van der Waals surface area contributed by atoms with E-state index in [2.05, 4.69) is 240 Å². The number of fused-ring (bicyclic) bond motifs is 6. The van der Waals surface area contributed by atoms with Gasteiger partial charge in [0.15, 0.2) is 0 Å². The Bertz CT molecular complexity index is 3210. The lowest BCUT2D eigenvalue weighted by atomic mass is 9.94. The molecular formula is C56H38N2. The van der Waals surface area contributed by atoms with E-state index in [1.54, 1.807) is 0 Å². The van der Waals surface area contributed by atoms with Crippen molar-refractivity contribution in [2.45, 2.75) is 0 Å². The molecular weight excluding hydrogens is 701 g/mol. The van der Waals surface area contributed by atoms with Gasteiger partial charge in [-0.2, -0.15) is 0 Å². The lowest BCUT2D eigenvalue weighted by Gasteiger charge is -2.27. The van der Waals surface area contributed by atoms with Crippen LogP contribution in [0.5, 0.6) is 0 Å². The number of aromatic nitrogens is 1. The molecule has 2 heteroatoms. The van der Waals surface area contributed by atoms with E-state index in [0.717, 1.165) is 22.7 Å². The molecule has 0 aliphatic rings. The Balaban J connectivity index is 1.05. The monoisotopic (exact) mass is 738 g/mol. The van der Waals surface area contributed by atoms with Crippen LogP contribution in [0.1, 0.15) is 0 Å². The van der Waals surface area contributed by atoms with Crippen LogP contribution in [0.2, 0.25) is 0 Å². The first-order valence-corrected chi connectivity index (χ1v) is 19.9. The van der Waals surface area contributed by atoms with Gasteiger partial charge in [-0.3, -0.25) is 0 Å². The lowest BCUT2D eigenvalue weighted by Crippen LogP contribution is -2.10. The van der Waals surface area contributed by atoms with E-state index in [4.69, 9.17) is 0 Å². The maximum atomic E-state index is 2.39. The minimum absolute atomic E-state index is 1.08. The van der Waals surface area contributed by atoms with Crippen LogP contribution >= 0.6 is 0 Å². The van der Waals surface area contributed by atoms with E-state index in [1.807, 2.05) is 0 Å². The Labute approximate surface area is 338 Å². The topological polar surface area (TPSA) is 8.17 Å². The van der Waals surface area contributed by atoms with Gasteiger partial charge in [0.1, 0.15) is 0 Å². The van der Waals surface area contributed by atoms with Crippen LogP contribution in [0.4, 0.5) is 17.1 Å². The molecule has 0 fully saturated rings. The minimum Gasteiger partial charge on any atom is -0.310 e. The zero-order chi connectivity index (χ0) is 38.4. The Morgan fingerprint density at radius 2 is 0.793 bits per heavy atom. The van der Waals surface area contributed by atoms with Gasteiger partial charge in [0, 0.05) is 33.5 Å². The number of benzene rings is 10. The highest BCUT2D eigenvalue weighted by Gasteiger charge is 2.18. The van der Waals surface area contributed by atoms with E-state index < -0.39 is 0 Å². The van der Waals surface area contributed by atoms with Crippen LogP contribution in [0.15, 0.2) is 231 Å². The Hall–Kier alpha value is -7.68. The second-order valence-electron chi connectivity index (χ2n) is 15.0. The number of nitrogens with zero attached hydrogens (tertiary/aromatic N) is 2. The smallest absolute Gasteiger partial charge is 0.0541 e. The minimum atomic E-state index is 1.08. The summed E-state index contributed by atoms with van der Waals surface area (Å²) in [4.78, 5) is 2.39. The first kappa shape index (κ1) is 33.6. The fraction of sp³-hybridized carbons (Fsp3) is 0. The molecule has 0 amide bonds. The van der Waals surface area contributed by atoms with Crippen molar-refractivity contribution in [3.63, 3.8) is 0 Å². The predicted octanol–water partition coefficient (Wildman–Crippen LogP) is 15.6. The molecule has 1 heterocycles. The summed E-state index contributed by atoms with van der Waals surface area (Å²) in [6.45, 7) is 0. The van der Waals surface area contributed by atoms with Crippen molar-refractivity contribution in [3.05, 3.63) is 231 Å². The Kier molecular flexibility index (Phi) is 8.19. The molecule has 0 atom stereocenters. The predicted molar refractivity (Wildman–Crippen MR) is 247 cm³/mol. The quantitative estimate of drug-likeness (QED) is 0.148. The van der Waals surface area contributed by atoms with Crippen LogP contribution in [0.3, 0.4) is 0 Å². The Morgan fingerprint density at radius 3 is 1.50 bits per heavy atom. The highest BCUT2D eigenvalue weighted by atomic mass is 15.1. The van der Waals surface area contributed by atoms with Gasteiger partial charge in [0.25, 0.3) is 0 Å². The van der Waals surface area contributed by atoms with Gasteiger partial charge < -0.3 is 9.47 Å². The number of rotatable bonds is 7. The molecule has 2 nitrogen and oxygen atoms in total. The van der Waals surface area contributed by atoms with Crippen LogP contribution in [-0.4, -0.2) is 4.57 Å². The molecule has 0 aliphatic carbocycles. The normalized spacial score (nSPS) is 11.4. The first-order valence-electron chi connectivity index (χ1n) is 19.9. The average Bonchev–Trinajstić information content (AvgIpc) is 3.64. The SMILES string of the molecule is c1ccc(-c2ccc(-c3ccc(N(c4cccc(-c5cccc6c5ccc5ccccc56)c4)c4cccc(-n5c6ccccc6c6ccccc65)c4)cc3)cc2)cc1. The van der Waals surface area contributed by atoms with E-state index >= 15 is 0 Å². The van der Waals surface area contributed by atoms with Crippen molar-refractivity contribution in [1.29, 1.82) is 0 Å². The van der Waals surface area contributed by atoms with Gasteiger partial charge in [-0.1, -0.05) is 176 Å². The highest BCUT2D eigenvalue weighted by Crippen LogP contribution is 2.41. The summed E-state index contributed by atoms with van der Waals surface area (Å²) in [6, 6.07) is 83.7. The fourth-order valence-electron chi connectivity index (χ4n) is 8.81. The largest absolute Gasteiger partial charge is 0.310 e. The molecule has 0 radical (unpaired) electrons. The second kappa shape index (κ2) is 14.1. The van der Waals surface area contributed by atoms with E-state index in [9.17, 15) is 0 Å². The van der Waals surface area contributed by atoms with Crippen molar-refractivity contribution in [3.8, 4) is 39.1 Å². The van der Waals surface area contributed by atoms with Crippen molar-refractivity contribution in [2.75, 3.05) is 4.90 Å². The van der Waals surface area contributed by atoms with Gasteiger partial charge in [-0.05, 0) is 110 Å². The maximum absolute atomic E-state index is 2.39. The molecule has 58 heavy (non-hydrogen) atoms. The van der Waals surface area contributed by atoms with Gasteiger partial charge in [-0.15, -0.1) is 0 Å². The summed E-state index contributed by atoms with van der Waals surface area (Å²) in [5, 5.41) is 7.55. The average molecular weight is 739 g/mol. The van der Waals surface area contributed by atoms with Gasteiger partial charge in [0.2, 0.25) is 0 Å². The molecule has 0 aliphatic heterocycles. The zero-order valence-electron chi connectivity index (χ0n) is 31.8. The molecule has 0 bridgehead atoms. The number of hydrogen-bond donors (Lipinski definition) is 0. The van der Waals surface area contributed by atoms with Crippen molar-refractivity contribution in [1.82, 2.24) is 4.57 Å². The summed E-state index contributed by atoms with van der Waals surface area (Å²) in [5.74, 6) is 0. The standard InChI is InChI=1S/C56H38N2/c1-2-13-39(14-3-1)40-27-29-41(30-28-40)42-31-34-45(35-32-42)57(47-18-11-19-48(38-47)58-55-25-8-6-21-53(55)54-22-7-9-26-56(54)58)46-17-10-16-44(37-46)50-23-12-24-51-49-20-5-4-15-43(49)33-36-52(50)51/h1-38H. The third-order valence-electron chi connectivity index (χ3n) is 11.6. The molecule has 1 aromatic heterocycles. The van der Waals surface area contributed by atoms with Gasteiger partial charge in [0.05, 0.1) is 11.0 Å². The third kappa shape index (κ3) is 5.82. The van der Waals surface area contributed by atoms with Crippen molar-refractivity contribution in [2.24, 2.45) is 0 Å². The molecule has 272 valence electrons. The van der Waals surface area contributed by atoms with Gasteiger partial charge in [-0.25, -0.2) is 0 Å². The fourth-order valence-corrected chi connectivity index (χ4v) is 8.81. The highest BCUT2D eigenvalue weighted by molar-refractivity contribution is 6.12. The van der Waals surface area contributed by atoms with E-state index in [0.29, 0.717) is 0 Å². The van der Waals surface area contributed by atoms with E-state index in [-0.39, 0.29) is 0 Å². The molecule has 11 rings (SSSR count). The second-order valence-corrected chi connectivity index (χ2v) is 15.0. The summed E-state index contributed by atoms with van der Waals surface area (Å²) in [6.07, 6.45) is 0. The van der Waals surface area contributed by atoms with Crippen molar-refractivity contribution < 1.29 is 0 Å². The molecule has 0 spiro atoms.